The summed E-state index contributed by atoms with van der Waals surface area (Å²) in [7, 11) is 1.83. The number of aromatic nitrogens is 2. The van der Waals surface area contributed by atoms with E-state index in [0.29, 0.717) is 11.1 Å². The van der Waals surface area contributed by atoms with Gasteiger partial charge in [0.15, 0.2) is 0 Å². The fourth-order valence-electron chi connectivity index (χ4n) is 1.46. The molecule has 4 nitrogen and oxygen atoms in total. The van der Waals surface area contributed by atoms with Crippen LogP contribution in [0.3, 0.4) is 0 Å². The number of rotatable bonds is 1. The van der Waals surface area contributed by atoms with Gasteiger partial charge in [-0.25, -0.2) is 0 Å². The minimum absolute atomic E-state index is 0.380. The summed E-state index contributed by atoms with van der Waals surface area (Å²) >= 11 is 0. The van der Waals surface area contributed by atoms with E-state index in [1.54, 1.807) is 22.9 Å². The van der Waals surface area contributed by atoms with Crippen LogP contribution in [-0.2, 0) is 7.05 Å². The Labute approximate surface area is 93.0 Å². The Morgan fingerprint density at radius 1 is 1.12 bits per heavy atom. The van der Waals surface area contributed by atoms with Crippen LogP contribution in [0.5, 0.6) is 0 Å². The molecule has 0 unspecified atom stereocenters. The Hall–Kier alpha value is -2.59. The van der Waals surface area contributed by atoms with Crippen LogP contribution in [0.25, 0.3) is 11.3 Å². The highest BCUT2D eigenvalue weighted by molar-refractivity contribution is 5.63. The molecule has 2 aromatic rings. The smallest absolute Gasteiger partial charge is 0.101 e. The zero-order valence-corrected chi connectivity index (χ0v) is 8.68. The molecule has 0 radical (unpaired) electrons. The van der Waals surface area contributed by atoms with Crippen molar-refractivity contribution in [2.75, 3.05) is 0 Å². The molecule has 76 valence electrons. The number of hydrogen-bond acceptors (Lipinski definition) is 3. The number of nitrogens with zero attached hydrogens (tertiary/aromatic N) is 4. The molecule has 0 aliphatic rings. The summed E-state index contributed by atoms with van der Waals surface area (Å²) in [5.41, 5.74) is 2.41. The third-order valence-corrected chi connectivity index (χ3v) is 2.27. The Morgan fingerprint density at radius 3 is 2.44 bits per heavy atom. The highest BCUT2D eigenvalue weighted by Gasteiger charge is 2.06. The Balaban J connectivity index is 2.54. The summed E-state index contributed by atoms with van der Waals surface area (Å²) in [5, 5.41) is 21.9. The number of hydrogen-bond donors (Lipinski definition) is 0. The molecular weight excluding hydrogens is 200 g/mol. The summed E-state index contributed by atoms with van der Waals surface area (Å²) in [4.78, 5) is 0. The van der Waals surface area contributed by atoms with E-state index in [2.05, 4.69) is 5.10 Å². The maximum absolute atomic E-state index is 8.90. The van der Waals surface area contributed by atoms with Crippen LogP contribution < -0.4 is 0 Å². The molecule has 4 heteroatoms. The maximum Gasteiger partial charge on any atom is 0.101 e. The molecule has 1 heterocycles. The lowest BCUT2D eigenvalue weighted by molar-refractivity contribution is 0.771. The van der Waals surface area contributed by atoms with Crippen LogP contribution in [0.2, 0.25) is 0 Å². The monoisotopic (exact) mass is 208 g/mol. The molecule has 1 aromatic carbocycles. The normalized spacial score (nSPS) is 9.44. The predicted octanol–water partition coefficient (Wildman–Crippen LogP) is 1.83. The van der Waals surface area contributed by atoms with E-state index in [1.165, 1.54) is 0 Å². The molecule has 16 heavy (non-hydrogen) atoms. The van der Waals surface area contributed by atoms with E-state index < -0.39 is 0 Å². The third-order valence-electron chi connectivity index (χ3n) is 2.27. The van der Waals surface area contributed by atoms with Crippen molar-refractivity contribution in [1.82, 2.24) is 9.78 Å². The molecule has 0 bridgehead atoms. The molecule has 0 amide bonds. The van der Waals surface area contributed by atoms with Crippen LogP contribution >= 0.6 is 0 Å². The molecule has 2 rings (SSSR count). The first kappa shape index (κ1) is 9.95. The Morgan fingerprint density at radius 2 is 1.88 bits per heavy atom. The van der Waals surface area contributed by atoms with Gasteiger partial charge in [-0.15, -0.1) is 0 Å². The van der Waals surface area contributed by atoms with Gasteiger partial charge in [0, 0.05) is 18.8 Å². The van der Waals surface area contributed by atoms with Crippen molar-refractivity contribution < 1.29 is 0 Å². The lowest BCUT2D eigenvalue weighted by atomic mass is 10.0. The zero-order valence-electron chi connectivity index (χ0n) is 8.68. The van der Waals surface area contributed by atoms with Gasteiger partial charge in [0.25, 0.3) is 0 Å². The van der Waals surface area contributed by atoms with Crippen LogP contribution in [0.15, 0.2) is 30.5 Å². The lowest BCUT2D eigenvalue weighted by Gasteiger charge is -1.98. The van der Waals surface area contributed by atoms with Crippen molar-refractivity contribution in [2.24, 2.45) is 7.05 Å². The molecule has 0 N–H and O–H groups in total. The fraction of sp³-hybridized carbons (Fsp3) is 0.0833. The molecular formula is C12H8N4. The maximum atomic E-state index is 8.90. The summed E-state index contributed by atoms with van der Waals surface area (Å²) in [6.45, 7) is 0. The first-order chi connectivity index (χ1) is 7.74. The van der Waals surface area contributed by atoms with Gasteiger partial charge in [0.2, 0.25) is 0 Å². The van der Waals surface area contributed by atoms with Crippen molar-refractivity contribution >= 4 is 0 Å². The van der Waals surface area contributed by atoms with Crippen molar-refractivity contribution in [3.05, 3.63) is 41.6 Å². The van der Waals surface area contributed by atoms with E-state index in [1.807, 2.05) is 31.4 Å². The minimum Gasteiger partial charge on any atom is -0.275 e. The molecule has 0 saturated carbocycles. The van der Waals surface area contributed by atoms with Gasteiger partial charge >= 0.3 is 0 Å². The van der Waals surface area contributed by atoms with Gasteiger partial charge in [0.05, 0.1) is 16.8 Å². The fourth-order valence-corrected chi connectivity index (χ4v) is 1.46. The Kier molecular flexibility index (Phi) is 2.41. The molecule has 0 aliphatic heterocycles. The van der Waals surface area contributed by atoms with Crippen LogP contribution in [0, 0.1) is 22.7 Å². The number of nitriles is 2. The lowest BCUT2D eigenvalue weighted by Crippen LogP contribution is -1.89. The van der Waals surface area contributed by atoms with Crippen molar-refractivity contribution in [3.8, 4) is 23.4 Å². The van der Waals surface area contributed by atoms with Crippen molar-refractivity contribution in [1.29, 1.82) is 10.5 Å². The van der Waals surface area contributed by atoms with Gasteiger partial charge in [-0.3, -0.25) is 4.68 Å². The molecule has 0 spiro atoms. The molecule has 0 atom stereocenters. The largest absolute Gasteiger partial charge is 0.275 e. The van der Waals surface area contributed by atoms with E-state index in [4.69, 9.17) is 10.5 Å². The second kappa shape index (κ2) is 3.88. The van der Waals surface area contributed by atoms with Gasteiger partial charge in [-0.05, 0) is 18.2 Å². The van der Waals surface area contributed by atoms with Gasteiger partial charge in [-0.2, -0.15) is 15.6 Å². The minimum atomic E-state index is 0.380. The van der Waals surface area contributed by atoms with E-state index in [-0.39, 0.29) is 0 Å². The summed E-state index contributed by atoms with van der Waals surface area (Å²) in [6, 6.07) is 11.0. The van der Waals surface area contributed by atoms with Crippen molar-refractivity contribution in [3.63, 3.8) is 0 Å². The van der Waals surface area contributed by atoms with Crippen molar-refractivity contribution in [2.45, 2.75) is 0 Å². The third kappa shape index (κ3) is 1.65. The number of aryl methyl sites for hydroxylation is 1. The van der Waals surface area contributed by atoms with Gasteiger partial charge in [-0.1, -0.05) is 6.07 Å². The summed E-state index contributed by atoms with van der Waals surface area (Å²) < 4.78 is 1.69. The van der Waals surface area contributed by atoms with Crippen LogP contribution in [-0.4, -0.2) is 9.78 Å². The average Bonchev–Trinajstić information content (AvgIpc) is 2.75. The molecule has 0 aliphatic carbocycles. The van der Waals surface area contributed by atoms with Crippen LogP contribution in [0.4, 0.5) is 0 Å². The standard InChI is InChI=1S/C12H8N4/c1-16-5-4-12(15-16)9-2-3-10(7-13)11(6-9)8-14/h2-6H,1H3. The van der Waals surface area contributed by atoms with Gasteiger partial charge in [0.1, 0.15) is 12.1 Å². The average molecular weight is 208 g/mol. The first-order valence-corrected chi connectivity index (χ1v) is 4.69. The van der Waals surface area contributed by atoms with E-state index in [9.17, 15) is 0 Å². The summed E-state index contributed by atoms with van der Waals surface area (Å²) in [6.07, 6.45) is 1.83. The molecule has 0 saturated heterocycles. The zero-order chi connectivity index (χ0) is 11.5. The Bertz CT molecular complexity index is 611. The summed E-state index contributed by atoms with van der Waals surface area (Å²) in [5.74, 6) is 0. The molecule has 0 fully saturated rings. The highest BCUT2D eigenvalue weighted by atomic mass is 15.2. The number of benzene rings is 1. The second-order valence-electron chi connectivity index (χ2n) is 3.36. The SMILES string of the molecule is Cn1ccc(-c2ccc(C#N)c(C#N)c2)n1. The first-order valence-electron chi connectivity index (χ1n) is 4.69. The van der Waals surface area contributed by atoms with Crippen LogP contribution in [0.1, 0.15) is 11.1 Å². The van der Waals surface area contributed by atoms with Gasteiger partial charge < -0.3 is 0 Å². The van der Waals surface area contributed by atoms with E-state index in [0.717, 1.165) is 11.3 Å². The second-order valence-corrected chi connectivity index (χ2v) is 3.36. The highest BCUT2D eigenvalue weighted by Crippen LogP contribution is 2.20. The molecule has 1 aromatic heterocycles. The topological polar surface area (TPSA) is 65.4 Å². The quantitative estimate of drug-likeness (QED) is 0.718. The predicted molar refractivity (Wildman–Crippen MR) is 58.1 cm³/mol. The van der Waals surface area contributed by atoms with E-state index >= 15 is 0 Å².